The molecule has 6 nitrogen and oxygen atoms in total. The SMILES string of the molecule is COCCn1c(C(=O)N2CCOCC2)cc2c1c1ccccc1n2C(C)C. The second-order valence-corrected chi connectivity index (χ2v) is 7.29. The maximum atomic E-state index is 13.3. The molecule has 144 valence electrons. The molecule has 0 atom stereocenters. The summed E-state index contributed by atoms with van der Waals surface area (Å²) in [5.74, 6) is 0.0741. The summed E-state index contributed by atoms with van der Waals surface area (Å²) in [6.45, 7) is 8.07. The molecule has 4 rings (SSSR count). The van der Waals surface area contributed by atoms with Crippen molar-refractivity contribution in [2.75, 3.05) is 40.0 Å². The molecule has 2 aromatic heterocycles. The third kappa shape index (κ3) is 3.03. The van der Waals surface area contributed by atoms with Crippen molar-refractivity contribution in [1.29, 1.82) is 0 Å². The third-order valence-electron chi connectivity index (χ3n) is 5.31. The van der Waals surface area contributed by atoms with Gasteiger partial charge in [-0.05, 0) is 26.0 Å². The van der Waals surface area contributed by atoms with Crippen LogP contribution in [0.5, 0.6) is 0 Å². The van der Waals surface area contributed by atoms with E-state index in [0.29, 0.717) is 45.5 Å². The Hall–Kier alpha value is -2.31. The van der Waals surface area contributed by atoms with Crippen molar-refractivity contribution in [3.63, 3.8) is 0 Å². The van der Waals surface area contributed by atoms with Crippen LogP contribution in [-0.2, 0) is 16.0 Å². The number of hydrogen-bond donors (Lipinski definition) is 0. The van der Waals surface area contributed by atoms with Gasteiger partial charge in [0.1, 0.15) is 5.69 Å². The average molecular weight is 369 g/mol. The van der Waals surface area contributed by atoms with E-state index in [1.807, 2.05) is 4.90 Å². The summed E-state index contributed by atoms with van der Waals surface area (Å²) < 4.78 is 15.2. The Labute approximate surface area is 159 Å². The van der Waals surface area contributed by atoms with E-state index < -0.39 is 0 Å². The lowest BCUT2D eigenvalue weighted by atomic mass is 10.2. The Kier molecular flexibility index (Phi) is 4.93. The molecule has 0 saturated carbocycles. The number of ether oxygens (including phenoxy) is 2. The number of fused-ring (bicyclic) bond motifs is 3. The number of aromatic nitrogens is 2. The monoisotopic (exact) mass is 369 g/mol. The number of carbonyl (C=O) groups excluding carboxylic acids is 1. The zero-order valence-corrected chi connectivity index (χ0v) is 16.3. The van der Waals surface area contributed by atoms with Crippen LogP contribution >= 0.6 is 0 Å². The van der Waals surface area contributed by atoms with Gasteiger partial charge in [-0.1, -0.05) is 18.2 Å². The van der Waals surface area contributed by atoms with Crippen molar-refractivity contribution in [3.8, 4) is 0 Å². The number of amides is 1. The van der Waals surface area contributed by atoms with Gasteiger partial charge >= 0.3 is 0 Å². The van der Waals surface area contributed by atoms with Crippen molar-refractivity contribution in [2.45, 2.75) is 26.4 Å². The van der Waals surface area contributed by atoms with Gasteiger partial charge in [-0.25, -0.2) is 0 Å². The molecule has 0 aliphatic carbocycles. The van der Waals surface area contributed by atoms with Gasteiger partial charge in [-0.2, -0.15) is 0 Å². The largest absolute Gasteiger partial charge is 0.383 e. The van der Waals surface area contributed by atoms with E-state index in [1.54, 1.807) is 7.11 Å². The zero-order chi connectivity index (χ0) is 19.0. The average Bonchev–Trinajstić information content (AvgIpc) is 3.20. The summed E-state index contributed by atoms with van der Waals surface area (Å²) in [6.07, 6.45) is 0. The van der Waals surface area contributed by atoms with Crippen LogP contribution in [0.15, 0.2) is 30.3 Å². The van der Waals surface area contributed by atoms with Crippen molar-refractivity contribution >= 4 is 27.8 Å². The van der Waals surface area contributed by atoms with Gasteiger partial charge in [0.05, 0.1) is 36.4 Å². The van der Waals surface area contributed by atoms with Gasteiger partial charge in [0, 0.05) is 38.2 Å². The first kappa shape index (κ1) is 18.1. The topological polar surface area (TPSA) is 48.6 Å². The van der Waals surface area contributed by atoms with Gasteiger partial charge in [0.25, 0.3) is 5.91 Å². The lowest BCUT2D eigenvalue weighted by Gasteiger charge is -2.27. The predicted molar refractivity (Wildman–Crippen MR) is 106 cm³/mol. The maximum Gasteiger partial charge on any atom is 0.270 e. The molecule has 6 heteroatoms. The molecule has 0 unspecified atom stereocenters. The number of methoxy groups -OCH3 is 1. The summed E-state index contributed by atoms with van der Waals surface area (Å²) in [7, 11) is 1.70. The molecular weight excluding hydrogens is 342 g/mol. The Morgan fingerprint density at radius 1 is 1.19 bits per heavy atom. The highest BCUT2D eigenvalue weighted by Gasteiger charge is 2.26. The molecule has 1 fully saturated rings. The minimum Gasteiger partial charge on any atom is -0.383 e. The van der Waals surface area contributed by atoms with Crippen molar-refractivity contribution < 1.29 is 14.3 Å². The summed E-state index contributed by atoms with van der Waals surface area (Å²) in [5.41, 5.74) is 4.17. The molecule has 0 N–H and O–H groups in total. The van der Waals surface area contributed by atoms with Crippen LogP contribution in [0.3, 0.4) is 0 Å². The van der Waals surface area contributed by atoms with Crippen molar-refractivity contribution in [2.24, 2.45) is 0 Å². The molecule has 1 aromatic carbocycles. The van der Waals surface area contributed by atoms with E-state index >= 15 is 0 Å². The van der Waals surface area contributed by atoms with Gasteiger partial charge < -0.3 is 23.5 Å². The van der Waals surface area contributed by atoms with Crippen LogP contribution in [0.4, 0.5) is 0 Å². The molecule has 3 aromatic rings. The zero-order valence-electron chi connectivity index (χ0n) is 16.3. The quantitative estimate of drug-likeness (QED) is 0.693. The Morgan fingerprint density at radius 3 is 2.63 bits per heavy atom. The maximum absolute atomic E-state index is 13.3. The van der Waals surface area contributed by atoms with E-state index in [4.69, 9.17) is 9.47 Å². The first-order valence-corrected chi connectivity index (χ1v) is 9.61. The van der Waals surface area contributed by atoms with Gasteiger partial charge in [0.2, 0.25) is 0 Å². The number of rotatable bonds is 5. The van der Waals surface area contributed by atoms with Crippen LogP contribution in [0.2, 0.25) is 0 Å². The van der Waals surface area contributed by atoms with Gasteiger partial charge in [-0.3, -0.25) is 4.79 Å². The summed E-state index contributed by atoms with van der Waals surface area (Å²) in [6, 6.07) is 10.8. The van der Waals surface area contributed by atoms with Crippen molar-refractivity contribution in [3.05, 3.63) is 36.0 Å². The fraction of sp³-hybridized carbons (Fsp3) is 0.476. The molecule has 27 heavy (non-hydrogen) atoms. The van der Waals surface area contributed by atoms with Crippen LogP contribution in [-0.4, -0.2) is 60.0 Å². The molecule has 1 saturated heterocycles. The number of carbonyl (C=O) groups is 1. The molecular formula is C21H27N3O3. The first-order valence-electron chi connectivity index (χ1n) is 9.61. The molecule has 0 spiro atoms. The molecule has 1 amide bonds. The minimum atomic E-state index is 0.0741. The molecule has 1 aliphatic rings. The van der Waals surface area contributed by atoms with E-state index in [9.17, 15) is 4.79 Å². The number of hydrogen-bond acceptors (Lipinski definition) is 3. The van der Waals surface area contributed by atoms with Crippen molar-refractivity contribution in [1.82, 2.24) is 14.0 Å². The lowest BCUT2D eigenvalue weighted by molar-refractivity contribution is 0.0295. The fourth-order valence-electron chi connectivity index (χ4n) is 4.09. The minimum absolute atomic E-state index is 0.0741. The van der Waals surface area contributed by atoms with E-state index in [1.165, 1.54) is 10.9 Å². The van der Waals surface area contributed by atoms with E-state index in [2.05, 4.69) is 53.3 Å². The summed E-state index contributed by atoms with van der Waals surface area (Å²) in [5, 5.41) is 1.18. The highest BCUT2D eigenvalue weighted by Crippen LogP contribution is 2.34. The first-order chi connectivity index (χ1) is 13.1. The van der Waals surface area contributed by atoms with Crippen LogP contribution in [0, 0.1) is 0 Å². The normalized spacial score (nSPS) is 15.3. The summed E-state index contributed by atoms with van der Waals surface area (Å²) in [4.78, 5) is 15.2. The lowest BCUT2D eigenvalue weighted by Crippen LogP contribution is -2.41. The fourth-order valence-corrected chi connectivity index (χ4v) is 4.09. The van der Waals surface area contributed by atoms with Gasteiger partial charge in [-0.15, -0.1) is 0 Å². The second-order valence-electron chi connectivity index (χ2n) is 7.29. The molecule has 3 heterocycles. The summed E-state index contributed by atoms with van der Waals surface area (Å²) >= 11 is 0. The Morgan fingerprint density at radius 2 is 1.93 bits per heavy atom. The van der Waals surface area contributed by atoms with Crippen LogP contribution < -0.4 is 0 Å². The second kappa shape index (κ2) is 7.37. The highest BCUT2D eigenvalue weighted by atomic mass is 16.5. The smallest absolute Gasteiger partial charge is 0.270 e. The van der Waals surface area contributed by atoms with Gasteiger partial charge in [0.15, 0.2) is 0 Å². The Bertz CT molecular complexity index is 964. The highest BCUT2D eigenvalue weighted by molar-refractivity contribution is 6.10. The molecule has 0 radical (unpaired) electrons. The number of benzene rings is 1. The van der Waals surface area contributed by atoms with Crippen LogP contribution in [0.1, 0.15) is 30.4 Å². The predicted octanol–water partition coefficient (Wildman–Crippen LogP) is 3.30. The number of para-hydroxylation sites is 1. The van der Waals surface area contributed by atoms with E-state index in [-0.39, 0.29) is 5.91 Å². The standard InChI is InChI=1S/C21H27N3O3/c1-15(2)24-17-7-5-4-6-16(17)20-18(24)14-19(23(20)10-11-26-3)21(25)22-8-12-27-13-9-22/h4-7,14-15H,8-13H2,1-3H3. The number of morpholine rings is 1. The van der Waals surface area contributed by atoms with E-state index in [0.717, 1.165) is 16.7 Å². The van der Waals surface area contributed by atoms with Crippen LogP contribution in [0.25, 0.3) is 21.9 Å². The molecule has 1 aliphatic heterocycles. The molecule has 0 bridgehead atoms. The number of nitrogens with zero attached hydrogens (tertiary/aromatic N) is 3. The third-order valence-corrected chi connectivity index (χ3v) is 5.31. The Balaban J connectivity index is 1.93.